The zero-order chi connectivity index (χ0) is 27.9. The second-order valence-electron chi connectivity index (χ2n) is 10.5. The third-order valence-electron chi connectivity index (χ3n) is 7.75. The van der Waals surface area contributed by atoms with Crippen LogP contribution in [0.3, 0.4) is 0 Å². The molecule has 210 valence electrons. The van der Waals surface area contributed by atoms with Crippen molar-refractivity contribution < 1.29 is 31.5 Å². The molecule has 3 fully saturated rings. The number of carbonyl (C=O) groups is 2. The van der Waals surface area contributed by atoms with Gasteiger partial charge in [0, 0.05) is 31.1 Å². The van der Waals surface area contributed by atoms with Crippen LogP contribution < -0.4 is 5.32 Å². The van der Waals surface area contributed by atoms with Crippen LogP contribution in [0.15, 0.2) is 47.4 Å². The van der Waals surface area contributed by atoms with Crippen LogP contribution in [0.25, 0.3) is 0 Å². The predicted molar refractivity (Wildman–Crippen MR) is 139 cm³/mol. The maximum atomic E-state index is 15.0. The molecule has 8 nitrogen and oxygen atoms in total. The average Bonchev–Trinajstić information content (AvgIpc) is 3.50. The zero-order valence-corrected chi connectivity index (χ0v) is 23.0. The van der Waals surface area contributed by atoms with E-state index in [1.807, 2.05) is 0 Å². The van der Waals surface area contributed by atoms with Crippen LogP contribution in [-0.2, 0) is 19.6 Å². The number of piperidine rings is 1. The van der Waals surface area contributed by atoms with Crippen LogP contribution in [0.1, 0.15) is 57.1 Å². The first-order chi connectivity index (χ1) is 18.5. The number of hydrogen-bond donors (Lipinski definition) is 1. The van der Waals surface area contributed by atoms with Crippen molar-refractivity contribution in [1.82, 2.24) is 14.5 Å². The van der Waals surface area contributed by atoms with E-state index >= 15 is 4.39 Å². The molecule has 2 aromatic rings. The molecule has 2 aromatic carbocycles. The summed E-state index contributed by atoms with van der Waals surface area (Å²) in [6.45, 7) is 2.11. The highest BCUT2D eigenvalue weighted by atomic mass is 35.5. The summed E-state index contributed by atoms with van der Waals surface area (Å²) >= 11 is 5.89. The summed E-state index contributed by atoms with van der Waals surface area (Å²) in [6.07, 6.45) is 2.28. The van der Waals surface area contributed by atoms with E-state index in [0.29, 0.717) is 57.2 Å². The van der Waals surface area contributed by atoms with Gasteiger partial charge in [-0.1, -0.05) is 23.7 Å². The van der Waals surface area contributed by atoms with E-state index in [4.69, 9.17) is 16.3 Å². The third-order valence-corrected chi connectivity index (χ3v) is 9.93. The molecule has 1 unspecified atom stereocenters. The van der Waals surface area contributed by atoms with E-state index in [0.717, 1.165) is 12.1 Å². The van der Waals surface area contributed by atoms with E-state index in [9.17, 15) is 22.4 Å². The van der Waals surface area contributed by atoms with Gasteiger partial charge in [0.25, 0.3) is 0 Å². The van der Waals surface area contributed by atoms with Gasteiger partial charge in [-0.3, -0.25) is 4.79 Å². The lowest BCUT2D eigenvalue weighted by Gasteiger charge is -2.44. The van der Waals surface area contributed by atoms with Crippen LogP contribution in [0.4, 0.5) is 13.6 Å². The number of likely N-dealkylation sites (tertiary alicyclic amines) is 1. The van der Waals surface area contributed by atoms with Crippen molar-refractivity contribution in [2.75, 3.05) is 13.1 Å². The molecule has 3 atom stereocenters. The molecule has 39 heavy (non-hydrogen) atoms. The molecule has 5 rings (SSSR count). The number of carbonyl (C=O) groups excluding carboxylic acids is 2. The second-order valence-corrected chi connectivity index (χ2v) is 12.7. The highest BCUT2D eigenvalue weighted by Crippen LogP contribution is 2.53. The number of benzene rings is 2. The quantitative estimate of drug-likeness (QED) is 0.530. The van der Waals surface area contributed by atoms with Gasteiger partial charge in [-0.25, -0.2) is 22.0 Å². The Hall–Kier alpha value is -2.76. The van der Waals surface area contributed by atoms with Gasteiger partial charge >= 0.3 is 6.09 Å². The maximum absolute atomic E-state index is 15.0. The first kappa shape index (κ1) is 27.8. The second kappa shape index (κ2) is 10.7. The molecule has 1 N–H and O–H groups in total. The normalized spacial score (nSPS) is 24.8. The zero-order valence-electron chi connectivity index (χ0n) is 21.4. The monoisotopic (exact) mass is 581 g/mol. The van der Waals surface area contributed by atoms with Gasteiger partial charge in [0.15, 0.2) is 0 Å². The summed E-state index contributed by atoms with van der Waals surface area (Å²) in [5.41, 5.74) is -0.650. The van der Waals surface area contributed by atoms with Gasteiger partial charge in [-0.2, -0.15) is 4.31 Å². The van der Waals surface area contributed by atoms with E-state index in [-0.39, 0.29) is 17.0 Å². The number of ether oxygens (including phenoxy) is 1. The molecular formula is C27H30ClF2N3O5S. The molecule has 0 aromatic heterocycles. The Morgan fingerprint density at radius 3 is 2.54 bits per heavy atom. The van der Waals surface area contributed by atoms with Crippen LogP contribution >= 0.6 is 11.6 Å². The fourth-order valence-corrected chi connectivity index (χ4v) is 7.95. The number of halogens is 3. The Morgan fingerprint density at radius 1 is 1.10 bits per heavy atom. The Kier molecular flexibility index (Phi) is 7.60. The molecule has 1 aliphatic carbocycles. The van der Waals surface area contributed by atoms with Crippen molar-refractivity contribution in [3.63, 3.8) is 0 Å². The van der Waals surface area contributed by atoms with Gasteiger partial charge in [-0.05, 0) is 74.4 Å². The molecule has 1 saturated carbocycles. The molecule has 0 spiro atoms. The maximum Gasteiger partial charge on any atom is 0.410 e. The van der Waals surface area contributed by atoms with Gasteiger partial charge in [0.05, 0.1) is 12.1 Å². The minimum Gasteiger partial charge on any atom is -0.441 e. The van der Waals surface area contributed by atoms with Crippen molar-refractivity contribution in [2.24, 2.45) is 0 Å². The summed E-state index contributed by atoms with van der Waals surface area (Å²) in [5, 5.41) is 2.85. The Labute approximate surface area is 231 Å². The molecular weight excluding hydrogens is 552 g/mol. The smallest absolute Gasteiger partial charge is 0.410 e. The van der Waals surface area contributed by atoms with Gasteiger partial charge in [0.1, 0.15) is 22.1 Å². The molecule has 2 saturated heterocycles. The molecule has 2 amide bonds. The minimum absolute atomic E-state index is 0.0547. The highest BCUT2D eigenvalue weighted by molar-refractivity contribution is 7.89. The summed E-state index contributed by atoms with van der Waals surface area (Å²) in [4.78, 5) is 25.6. The summed E-state index contributed by atoms with van der Waals surface area (Å²) in [6, 6.07) is 7.34. The standard InChI is InChI=1S/C27H30ClF2N3O5S/c1-17(34)31-21-10-13-32(16-21)26(35)38-27(11-12-27)25-7-3-6-23(18-4-2-5-20(29)14-18)33(25)39(36,37)24-9-8-19(28)15-22(24)30/h2,4-5,8-9,14-15,21,23,25H,3,6-7,10-13,16H2,1H3,(H,31,34)/t21?,23-,25+/m0/s1. The van der Waals surface area contributed by atoms with E-state index in [1.54, 1.807) is 6.07 Å². The number of amides is 2. The predicted octanol–water partition coefficient (Wildman–Crippen LogP) is 4.78. The Balaban J connectivity index is 1.48. The van der Waals surface area contributed by atoms with E-state index < -0.39 is 50.3 Å². The molecule has 3 aliphatic rings. The lowest BCUT2D eigenvalue weighted by molar-refractivity contribution is -0.119. The molecule has 2 heterocycles. The van der Waals surface area contributed by atoms with E-state index in [1.165, 1.54) is 40.4 Å². The summed E-state index contributed by atoms with van der Waals surface area (Å²) < 4.78 is 64.7. The number of nitrogens with zero attached hydrogens (tertiary/aromatic N) is 2. The Morgan fingerprint density at radius 2 is 1.87 bits per heavy atom. The van der Waals surface area contributed by atoms with Gasteiger partial charge < -0.3 is 15.0 Å². The lowest BCUT2D eigenvalue weighted by Crippen LogP contribution is -2.54. The lowest BCUT2D eigenvalue weighted by atomic mass is 9.90. The SMILES string of the molecule is CC(=O)NC1CCN(C(=O)OC2([C@H]3CCC[C@@H](c4cccc(F)c4)N3S(=O)(=O)c3ccc(Cl)cc3F)CC2)C1. The van der Waals surface area contributed by atoms with Crippen LogP contribution in [0, 0.1) is 11.6 Å². The first-order valence-electron chi connectivity index (χ1n) is 13.0. The minimum atomic E-state index is -4.46. The number of hydrogen-bond acceptors (Lipinski definition) is 5. The molecule has 0 radical (unpaired) electrons. The van der Waals surface area contributed by atoms with Crippen molar-refractivity contribution in [1.29, 1.82) is 0 Å². The third kappa shape index (κ3) is 5.62. The van der Waals surface area contributed by atoms with Crippen LogP contribution in [0.5, 0.6) is 0 Å². The van der Waals surface area contributed by atoms with Crippen molar-refractivity contribution in [3.05, 3.63) is 64.7 Å². The molecule has 2 aliphatic heterocycles. The number of rotatable bonds is 6. The van der Waals surface area contributed by atoms with Crippen molar-refractivity contribution in [3.8, 4) is 0 Å². The topological polar surface area (TPSA) is 96.0 Å². The van der Waals surface area contributed by atoms with Crippen LogP contribution in [-0.4, -0.2) is 60.4 Å². The number of nitrogens with one attached hydrogen (secondary N) is 1. The largest absolute Gasteiger partial charge is 0.441 e. The highest BCUT2D eigenvalue weighted by Gasteiger charge is 2.60. The van der Waals surface area contributed by atoms with Gasteiger partial charge in [0.2, 0.25) is 15.9 Å². The first-order valence-corrected chi connectivity index (χ1v) is 14.8. The van der Waals surface area contributed by atoms with Crippen molar-refractivity contribution >= 4 is 33.6 Å². The fourth-order valence-electron chi connectivity index (χ4n) is 5.83. The molecule has 0 bridgehead atoms. The van der Waals surface area contributed by atoms with Crippen LogP contribution in [0.2, 0.25) is 5.02 Å². The van der Waals surface area contributed by atoms with Gasteiger partial charge in [-0.15, -0.1) is 0 Å². The van der Waals surface area contributed by atoms with Crippen molar-refractivity contribution in [2.45, 2.75) is 74.1 Å². The average molecular weight is 582 g/mol. The van der Waals surface area contributed by atoms with E-state index in [2.05, 4.69) is 5.32 Å². The number of sulfonamides is 1. The fraction of sp³-hybridized carbons (Fsp3) is 0.481. The Bertz CT molecular complexity index is 1390. The molecule has 12 heteroatoms. The summed E-state index contributed by atoms with van der Waals surface area (Å²) in [7, 11) is -4.46. The summed E-state index contributed by atoms with van der Waals surface area (Å²) in [5.74, 6) is -1.69.